The van der Waals surface area contributed by atoms with Crippen molar-refractivity contribution in [3.8, 4) is 0 Å². The van der Waals surface area contributed by atoms with E-state index in [9.17, 15) is 13.2 Å². The molecular weight excluding hydrogens is 216 g/mol. The summed E-state index contributed by atoms with van der Waals surface area (Å²) >= 11 is 0. The zero-order chi connectivity index (χ0) is 11.6. The van der Waals surface area contributed by atoms with Crippen molar-refractivity contribution in [1.82, 2.24) is 10.2 Å². The molecule has 0 aliphatic carbocycles. The molecule has 1 N–H and O–H groups in total. The molecule has 0 spiro atoms. The largest absolute Gasteiger partial charge is 0.325 e. The predicted molar refractivity (Wildman–Crippen MR) is 58.1 cm³/mol. The minimum absolute atomic E-state index is 0.0163. The van der Waals surface area contributed by atoms with Crippen LogP contribution in [0.25, 0.3) is 0 Å². The molecule has 0 aromatic heterocycles. The van der Waals surface area contributed by atoms with Gasteiger partial charge >= 0.3 is 0 Å². The Kier molecular flexibility index (Phi) is 3.72. The van der Waals surface area contributed by atoms with E-state index in [2.05, 4.69) is 5.32 Å². The fraction of sp³-hybridized carbons (Fsp3) is 0.889. The third kappa shape index (κ3) is 3.46. The predicted octanol–water partition coefficient (Wildman–Crippen LogP) is -0.555. The minimum atomic E-state index is -3.01. The van der Waals surface area contributed by atoms with Crippen molar-refractivity contribution in [2.24, 2.45) is 5.92 Å². The van der Waals surface area contributed by atoms with Gasteiger partial charge in [-0.3, -0.25) is 10.1 Å². The molecule has 0 saturated carbocycles. The number of amides is 1. The van der Waals surface area contributed by atoms with Crippen molar-refractivity contribution in [2.45, 2.75) is 20.0 Å². The second-order valence-corrected chi connectivity index (χ2v) is 6.55. The van der Waals surface area contributed by atoms with E-state index in [1.165, 1.54) is 6.26 Å². The van der Waals surface area contributed by atoms with Crippen molar-refractivity contribution in [3.63, 3.8) is 0 Å². The lowest BCUT2D eigenvalue weighted by Gasteiger charge is -2.26. The Morgan fingerprint density at radius 3 is 2.60 bits per heavy atom. The fourth-order valence-corrected chi connectivity index (χ4v) is 2.21. The average molecular weight is 234 g/mol. The standard InChI is InChI=1S/C9H18N2O3S/c1-7(2)9-10-6-8(12)11(9)4-5-15(3,13)14/h7,9-10H,4-6H2,1-3H3. The Morgan fingerprint density at radius 2 is 2.13 bits per heavy atom. The third-order valence-corrected chi connectivity index (χ3v) is 3.38. The molecule has 88 valence electrons. The van der Waals surface area contributed by atoms with Gasteiger partial charge in [-0.2, -0.15) is 0 Å². The summed E-state index contributed by atoms with van der Waals surface area (Å²) in [7, 11) is -3.01. The van der Waals surface area contributed by atoms with Crippen molar-refractivity contribution in [1.29, 1.82) is 0 Å². The maximum Gasteiger partial charge on any atom is 0.237 e. The Morgan fingerprint density at radius 1 is 1.53 bits per heavy atom. The number of nitrogens with one attached hydrogen (secondary N) is 1. The first-order chi connectivity index (χ1) is 6.81. The van der Waals surface area contributed by atoms with Crippen LogP contribution < -0.4 is 5.32 Å². The van der Waals surface area contributed by atoms with Crippen LogP contribution in [0.4, 0.5) is 0 Å². The summed E-state index contributed by atoms with van der Waals surface area (Å²) in [5.41, 5.74) is 0. The number of sulfone groups is 1. The first-order valence-corrected chi connectivity index (χ1v) is 7.08. The number of carbonyl (C=O) groups excluding carboxylic acids is 1. The minimum Gasteiger partial charge on any atom is -0.325 e. The summed E-state index contributed by atoms with van der Waals surface area (Å²) in [6, 6.07) is 0. The molecule has 0 aromatic rings. The van der Waals surface area contributed by atoms with Crippen LogP contribution >= 0.6 is 0 Å². The van der Waals surface area contributed by atoms with Crippen LogP contribution in [0.1, 0.15) is 13.8 Å². The van der Waals surface area contributed by atoms with Gasteiger partial charge in [0, 0.05) is 12.8 Å². The number of hydrogen-bond acceptors (Lipinski definition) is 4. The molecule has 0 bridgehead atoms. The maximum absolute atomic E-state index is 11.5. The van der Waals surface area contributed by atoms with Gasteiger partial charge in [-0.05, 0) is 5.92 Å². The zero-order valence-electron chi connectivity index (χ0n) is 9.36. The van der Waals surface area contributed by atoms with Crippen molar-refractivity contribution >= 4 is 15.7 Å². The Balaban J connectivity index is 2.61. The molecule has 1 atom stereocenters. The summed E-state index contributed by atoms with van der Waals surface area (Å²) in [6.45, 7) is 4.60. The van der Waals surface area contributed by atoms with Crippen LogP contribution in [0.15, 0.2) is 0 Å². The van der Waals surface area contributed by atoms with Gasteiger partial charge in [-0.25, -0.2) is 8.42 Å². The number of nitrogens with zero attached hydrogens (tertiary/aromatic N) is 1. The molecule has 0 aromatic carbocycles. The molecule has 1 aliphatic rings. The van der Waals surface area contributed by atoms with Gasteiger partial charge in [0.1, 0.15) is 9.84 Å². The lowest BCUT2D eigenvalue weighted by molar-refractivity contribution is -0.128. The fourth-order valence-electron chi connectivity index (χ4n) is 1.68. The third-order valence-electron chi connectivity index (χ3n) is 2.45. The molecule has 15 heavy (non-hydrogen) atoms. The SMILES string of the molecule is CC(C)C1NCC(=O)N1CCS(C)(=O)=O. The van der Waals surface area contributed by atoms with E-state index in [0.29, 0.717) is 6.54 Å². The van der Waals surface area contributed by atoms with Crippen LogP contribution in [0.5, 0.6) is 0 Å². The molecule has 1 rings (SSSR count). The Hall–Kier alpha value is -0.620. The Labute approximate surface area is 90.7 Å². The van der Waals surface area contributed by atoms with Gasteiger partial charge in [0.25, 0.3) is 0 Å². The highest BCUT2D eigenvalue weighted by atomic mass is 32.2. The average Bonchev–Trinajstić information content (AvgIpc) is 2.42. The topological polar surface area (TPSA) is 66.5 Å². The summed E-state index contributed by atoms with van der Waals surface area (Å²) in [5, 5.41) is 3.07. The van der Waals surface area contributed by atoms with Crippen molar-refractivity contribution in [2.75, 3.05) is 25.1 Å². The molecule has 1 aliphatic heterocycles. The first kappa shape index (κ1) is 12.4. The lowest BCUT2D eigenvalue weighted by Crippen LogP contribution is -2.43. The highest BCUT2D eigenvalue weighted by Crippen LogP contribution is 2.13. The van der Waals surface area contributed by atoms with Crippen LogP contribution in [0.2, 0.25) is 0 Å². The van der Waals surface area contributed by atoms with E-state index in [4.69, 9.17) is 0 Å². The van der Waals surface area contributed by atoms with Gasteiger partial charge in [-0.1, -0.05) is 13.8 Å². The smallest absolute Gasteiger partial charge is 0.237 e. The summed E-state index contributed by atoms with van der Waals surface area (Å²) < 4.78 is 22.0. The molecule has 5 nitrogen and oxygen atoms in total. The van der Waals surface area contributed by atoms with Crippen LogP contribution in [-0.2, 0) is 14.6 Å². The summed E-state index contributed by atoms with van der Waals surface area (Å²) in [6.07, 6.45) is 1.16. The first-order valence-electron chi connectivity index (χ1n) is 5.02. The van der Waals surface area contributed by atoms with E-state index < -0.39 is 9.84 Å². The second-order valence-electron chi connectivity index (χ2n) is 4.29. The van der Waals surface area contributed by atoms with E-state index in [-0.39, 0.29) is 30.3 Å². The van der Waals surface area contributed by atoms with Gasteiger partial charge in [-0.15, -0.1) is 0 Å². The van der Waals surface area contributed by atoms with Crippen LogP contribution in [0.3, 0.4) is 0 Å². The molecule has 0 radical (unpaired) electrons. The normalized spacial score (nSPS) is 22.8. The molecule has 1 heterocycles. The number of hydrogen-bond donors (Lipinski definition) is 1. The molecule has 1 amide bonds. The van der Waals surface area contributed by atoms with Gasteiger partial charge in [0.2, 0.25) is 5.91 Å². The lowest BCUT2D eigenvalue weighted by atomic mass is 10.1. The molecule has 1 saturated heterocycles. The Bertz CT molecular complexity index is 337. The molecule has 1 unspecified atom stereocenters. The maximum atomic E-state index is 11.5. The number of carbonyl (C=O) groups is 1. The van der Waals surface area contributed by atoms with E-state index in [1.54, 1.807) is 4.90 Å². The van der Waals surface area contributed by atoms with Gasteiger partial charge in [0.15, 0.2) is 0 Å². The van der Waals surface area contributed by atoms with Crippen molar-refractivity contribution < 1.29 is 13.2 Å². The monoisotopic (exact) mass is 234 g/mol. The number of rotatable bonds is 4. The highest BCUT2D eigenvalue weighted by Gasteiger charge is 2.32. The quantitative estimate of drug-likeness (QED) is 0.708. The second kappa shape index (κ2) is 4.49. The van der Waals surface area contributed by atoms with Gasteiger partial charge in [0.05, 0.1) is 18.5 Å². The zero-order valence-corrected chi connectivity index (χ0v) is 10.2. The summed E-state index contributed by atoms with van der Waals surface area (Å²) in [4.78, 5) is 13.1. The van der Waals surface area contributed by atoms with Crippen LogP contribution in [-0.4, -0.2) is 50.5 Å². The van der Waals surface area contributed by atoms with Crippen LogP contribution in [0, 0.1) is 5.92 Å². The van der Waals surface area contributed by atoms with E-state index in [0.717, 1.165) is 0 Å². The highest BCUT2D eigenvalue weighted by molar-refractivity contribution is 7.90. The summed E-state index contributed by atoms with van der Waals surface area (Å²) in [5.74, 6) is 0.303. The molecule has 6 heteroatoms. The van der Waals surface area contributed by atoms with E-state index >= 15 is 0 Å². The van der Waals surface area contributed by atoms with Gasteiger partial charge < -0.3 is 4.90 Å². The molecular formula is C9H18N2O3S. The van der Waals surface area contributed by atoms with E-state index in [1.807, 2.05) is 13.8 Å². The molecule has 1 fully saturated rings. The van der Waals surface area contributed by atoms with Crippen molar-refractivity contribution in [3.05, 3.63) is 0 Å².